The molecule has 0 bridgehead atoms. The summed E-state index contributed by atoms with van der Waals surface area (Å²) >= 11 is 0. The average molecular weight is 323 g/mol. The summed E-state index contributed by atoms with van der Waals surface area (Å²) in [6, 6.07) is 10.1. The largest absolute Gasteiger partial charge is 0.330 e. The first-order valence-corrected chi connectivity index (χ1v) is 9.13. The standard InChI is InChI=1S/C20H25N3O/c1-22-19-13-7-12-17(19)18(21-22)14-23(16-10-5-6-11-16)20(24)15-8-3-2-4-9-15/h2-4,8-9,16H,5-7,10-14H2,1H3. The van der Waals surface area contributed by atoms with Crippen LogP contribution in [0.25, 0.3) is 0 Å². The molecule has 2 aliphatic carbocycles. The van der Waals surface area contributed by atoms with Crippen molar-refractivity contribution in [3.05, 3.63) is 52.8 Å². The Kier molecular flexibility index (Phi) is 4.13. The topological polar surface area (TPSA) is 38.1 Å². The number of nitrogens with zero attached hydrogens (tertiary/aromatic N) is 3. The molecule has 4 heteroatoms. The molecule has 2 aromatic rings. The number of rotatable bonds is 4. The van der Waals surface area contributed by atoms with Crippen molar-refractivity contribution in [1.82, 2.24) is 14.7 Å². The van der Waals surface area contributed by atoms with Crippen LogP contribution in [0.4, 0.5) is 0 Å². The van der Waals surface area contributed by atoms with Crippen LogP contribution in [-0.4, -0.2) is 26.6 Å². The summed E-state index contributed by atoms with van der Waals surface area (Å²) in [5.41, 5.74) is 4.66. The van der Waals surface area contributed by atoms with Crippen molar-refractivity contribution in [2.45, 2.75) is 57.5 Å². The summed E-state index contributed by atoms with van der Waals surface area (Å²) < 4.78 is 2.03. The zero-order chi connectivity index (χ0) is 16.5. The van der Waals surface area contributed by atoms with E-state index in [9.17, 15) is 4.79 Å². The van der Waals surface area contributed by atoms with E-state index >= 15 is 0 Å². The first kappa shape index (κ1) is 15.4. The van der Waals surface area contributed by atoms with Gasteiger partial charge in [-0.3, -0.25) is 9.48 Å². The van der Waals surface area contributed by atoms with Gasteiger partial charge in [-0.2, -0.15) is 5.10 Å². The quantitative estimate of drug-likeness (QED) is 0.864. The second-order valence-corrected chi connectivity index (χ2v) is 7.09. The molecule has 0 aliphatic heterocycles. The van der Waals surface area contributed by atoms with Gasteiger partial charge in [0.2, 0.25) is 0 Å². The number of carbonyl (C=O) groups excluding carboxylic acids is 1. The summed E-state index contributed by atoms with van der Waals surface area (Å²) in [4.78, 5) is 15.2. The highest BCUT2D eigenvalue weighted by Gasteiger charge is 2.30. The molecule has 0 radical (unpaired) electrons. The van der Waals surface area contributed by atoms with E-state index in [-0.39, 0.29) is 5.91 Å². The van der Waals surface area contributed by atoms with Crippen molar-refractivity contribution in [1.29, 1.82) is 0 Å². The third kappa shape index (κ3) is 2.74. The van der Waals surface area contributed by atoms with E-state index in [4.69, 9.17) is 5.10 Å². The fraction of sp³-hybridized carbons (Fsp3) is 0.500. The van der Waals surface area contributed by atoms with Gasteiger partial charge in [-0.1, -0.05) is 31.0 Å². The predicted octanol–water partition coefficient (Wildman–Crippen LogP) is 3.49. The van der Waals surface area contributed by atoms with Gasteiger partial charge in [-0.15, -0.1) is 0 Å². The van der Waals surface area contributed by atoms with E-state index in [0.29, 0.717) is 12.6 Å². The van der Waals surface area contributed by atoms with Crippen LogP contribution in [0.15, 0.2) is 30.3 Å². The Morgan fingerprint density at radius 3 is 2.67 bits per heavy atom. The number of hydrogen-bond acceptors (Lipinski definition) is 2. The lowest BCUT2D eigenvalue weighted by molar-refractivity contribution is 0.0661. The highest BCUT2D eigenvalue weighted by Crippen LogP contribution is 2.30. The van der Waals surface area contributed by atoms with Gasteiger partial charge in [0.25, 0.3) is 5.91 Å². The number of aromatic nitrogens is 2. The van der Waals surface area contributed by atoms with Gasteiger partial charge in [0.1, 0.15) is 0 Å². The lowest BCUT2D eigenvalue weighted by Crippen LogP contribution is -2.38. The monoisotopic (exact) mass is 323 g/mol. The van der Waals surface area contributed by atoms with E-state index in [1.165, 1.54) is 30.5 Å². The fourth-order valence-electron chi connectivity index (χ4n) is 4.32. The van der Waals surface area contributed by atoms with Gasteiger partial charge in [0, 0.05) is 24.3 Å². The summed E-state index contributed by atoms with van der Waals surface area (Å²) in [7, 11) is 2.03. The van der Waals surface area contributed by atoms with E-state index in [1.807, 2.05) is 42.1 Å². The highest BCUT2D eigenvalue weighted by atomic mass is 16.2. The molecule has 4 nitrogen and oxygen atoms in total. The van der Waals surface area contributed by atoms with E-state index < -0.39 is 0 Å². The summed E-state index contributed by atoms with van der Waals surface area (Å²) in [6.45, 7) is 0.654. The lowest BCUT2D eigenvalue weighted by atomic mass is 10.1. The molecule has 1 amide bonds. The maximum Gasteiger partial charge on any atom is 0.254 e. The lowest BCUT2D eigenvalue weighted by Gasteiger charge is -2.29. The molecule has 0 N–H and O–H groups in total. The number of hydrogen-bond donors (Lipinski definition) is 0. The third-order valence-corrected chi connectivity index (χ3v) is 5.57. The van der Waals surface area contributed by atoms with E-state index in [0.717, 1.165) is 36.9 Å². The minimum atomic E-state index is 0.153. The van der Waals surface area contributed by atoms with Gasteiger partial charge in [-0.05, 0) is 49.8 Å². The molecule has 0 saturated heterocycles. The molecule has 4 rings (SSSR count). The molecule has 1 aromatic heterocycles. The molecule has 1 heterocycles. The van der Waals surface area contributed by atoms with Crippen molar-refractivity contribution >= 4 is 5.91 Å². The van der Waals surface area contributed by atoms with Crippen molar-refractivity contribution in [3.8, 4) is 0 Å². The Labute approximate surface area is 143 Å². The maximum absolute atomic E-state index is 13.1. The first-order chi connectivity index (χ1) is 11.7. The van der Waals surface area contributed by atoms with Gasteiger partial charge in [0.05, 0.1) is 12.2 Å². The van der Waals surface area contributed by atoms with Crippen LogP contribution in [-0.2, 0) is 26.4 Å². The molecule has 0 atom stereocenters. The second-order valence-electron chi connectivity index (χ2n) is 7.09. The molecular weight excluding hydrogens is 298 g/mol. The average Bonchev–Trinajstić information content (AvgIpc) is 3.33. The van der Waals surface area contributed by atoms with E-state index in [2.05, 4.69) is 4.90 Å². The number of aryl methyl sites for hydroxylation is 1. The van der Waals surface area contributed by atoms with Crippen LogP contribution in [0.1, 0.15) is 59.4 Å². The Bertz CT molecular complexity index is 729. The third-order valence-electron chi connectivity index (χ3n) is 5.57. The minimum Gasteiger partial charge on any atom is -0.330 e. The van der Waals surface area contributed by atoms with Crippen molar-refractivity contribution in [2.24, 2.45) is 7.05 Å². The predicted molar refractivity (Wildman–Crippen MR) is 93.8 cm³/mol. The van der Waals surface area contributed by atoms with Gasteiger partial charge in [-0.25, -0.2) is 0 Å². The Balaban J connectivity index is 1.64. The van der Waals surface area contributed by atoms with Crippen LogP contribution < -0.4 is 0 Å². The number of fused-ring (bicyclic) bond motifs is 1. The number of amides is 1. The summed E-state index contributed by atoms with van der Waals surface area (Å²) in [5, 5.41) is 4.74. The molecule has 1 fully saturated rings. The molecular formula is C20H25N3O. The molecule has 0 spiro atoms. The Morgan fingerprint density at radius 2 is 1.92 bits per heavy atom. The van der Waals surface area contributed by atoms with Crippen molar-refractivity contribution in [2.75, 3.05) is 0 Å². The maximum atomic E-state index is 13.1. The van der Waals surface area contributed by atoms with E-state index in [1.54, 1.807) is 0 Å². The summed E-state index contributed by atoms with van der Waals surface area (Å²) in [5.74, 6) is 0.153. The normalized spacial score (nSPS) is 17.2. The van der Waals surface area contributed by atoms with Gasteiger partial charge < -0.3 is 4.90 Å². The number of carbonyl (C=O) groups is 1. The molecule has 24 heavy (non-hydrogen) atoms. The van der Waals surface area contributed by atoms with Crippen LogP contribution in [0.3, 0.4) is 0 Å². The summed E-state index contributed by atoms with van der Waals surface area (Å²) in [6.07, 6.45) is 8.13. The number of benzene rings is 1. The van der Waals surface area contributed by atoms with Crippen molar-refractivity contribution < 1.29 is 4.79 Å². The molecule has 2 aliphatic rings. The smallest absolute Gasteiger partial charge is 0.254 e. The zero-order valence-corrected chi connectivity index (χ0v) is 14.4. The Morgan fingerprint density at radius 1 is 1.17 bits per heavy atom. The van der Waals surface area contributed by atoms with Gasteiger partial charge in [0.15, 0.2) is 0 Å². The SMILES string of the molecule is Cn1nc(CN(C(=O)c2ccccc2)C2CCCC2)c2c1CCC2. The Hall–Kier alpha value is -2.10. The molecule has 1 saturated carbocycles. The van der Waals surface area contributed by atoms with Crippen LogP contribution in [0.2, 0.25) is 0 Å². The minimum absolute atomic E-state index is 0.153. The van der Waals surface area contributed by atoms with Crippen LogP contribution in [0.5, 0.6) is 0 Å². The molecule has 0 unspecified atom stereocenters. The highest BCUT2D eigenvalue weighted by molar-refractivity contribution is 5.94. The second kappa shape index (κ2) is 6.42. The van der Waals surface area contributed by atoms with Crippen molar-refractivity contribution in [3.63, 3.8) is 0 Å². The zero-order valence-electron chi connectivity index (χ0n) is 14.4. The fourth-order valence-corrected chi connectivity index (χ4v) is 4.32. The molecule has 126 valence electrons. The molecule has 1 aromatic carbocycles. The van der Waals surface area contributed by atoms with Gasteiger partial charge >= 0.3 is 0 Å². The first-order valence-electron chi connectivity index (χ1n) is 9.13. The van der Waals surface area contributed by atoms with Crippen LogP contribution in [0, 0.1) is 0 Å². The van der Waals surface area contributed by atoms with Crippen LogP contribution >= 0.6 is 0 Å².